The monoisotopic (exact) mass is 439 g/mol. The first-order valence-electron chi connectivity index (χ1n) is 9.67. The summed E-state index contributed by atoms with van der Waals surface area (Å²) in [7, 11) is 1.55. The van der Waals surface area contributed by atoms with E-state index in [1.54, 1.807) is 13.2 Å². The fraction of sp³-hybridized carbons (Fsp3) is 0.217. The molecule has 154 valence electrons. The van der Waals surface area contributed by atoms with Crippen LogP contribution in [0.15, 0.2) is 48.0 Å². The fourth-order valence-corrected chi connectivity index (χ4v) is 4.32. The van der Waals surface area contributed by atoms with Crippen molar-refractivity contribution in [1.82, 2.24) is 9.38 Å². The molecule has 0 saturated heterocycles. The van der Waals surface area contributed by atoms with E-state index in [0.717, 1.165) is 33.9 Å². The average Bonchev–Trinajstić information content (AvgIpc) is 3.32. The number of halogens is 1. The number of anilines is 1. The van der Waals surface area contributed by atoms with Gasteiger partial charge in [0.2, 0.25) is 5.91 Å². The van der Waals surface area contributed by atoms with Crippen LogP contribution in [-0.2, 0) is 17.6 Å². The Bertz CT molecular complexity index is 1210. The van der Waals surface area contributed by atoms with Crippen LogP contribution in [0.3, 0.4) is 0 Å². The summed E-state index contributed by atoms with van der Waals surface area (Å²) in [4.78, 5) is 18.3. The maximum absolute atomic E-state index is 12.7. The molecule has 0 aliphatic carbocycles. The third-order valence-electron chi connectivity index (χ3n) is 5.04. The Labute approximate surface area is 184 Å². The van der Waals surface area contributed by atoms with Gasteiger partial charge in [-0.15, -0.1) is 11.3 Å². The summed E-state index contributed by atoms with van der Waals surface area (Å²) in [5, 5.41) is 5.50. The third-order valence-corrected chi connectivity index (χ3v) is 6.33. The molecule has 0 unspecified atom stereocenters. The SMILES string of the molecule is CCc1ccc(-c2cn3c(CC(=O)Nc4cc(C)c(Cl)cc4OC)csc3n2)cc1. The molecular weight excluding hydrogens is 418 g/mol. The average molecular weight is 440 g/mol. The first kappa shape index (κ1) is 20.4. The van der Waals surface area contributed by atoms with E-state index in [-0.39, 0.29) is 12.3 Å². The summed E-state index contributed by atoms with van der Waals surface area (Å²) in [5.74, 6) is 0.409. The lowest BCUT2D eigenvalue weighted by Crippen LogP contribution is -2.16. The van der Waals surface area contributed by atoms with E-state index in [0.29, 0.717) is 16.5 Å². The van der Waals surface area contributed by atoms with Gasteiger partial charge in [0.25, 0.3) is 0 Å². The molecule has 2 heterocycles. The van der Waals surface area contributed by atoms with Gasteiger partial charge >= 0.3 is 0 Å². The molecule has 0 saturated carbocycles. The van der Waals surface area contributed by atoms with Gasteiger partial charge in [0.1, 0.15) is 5.75 Å². The topological polar surface area (TPSA) is 55.6 Å². The number of methoxy groups -OCH3 is 1. The Kier molecular flexibility index (Phi) is 5.79. The molecule has 0 fully saturated rings. The Balaban J connectivity index is 1.55. The number of nitrogens with zero attached hydrogens (tertiary/aromatic N) is 2. The zero-order chi connectivity index (χ0) is 21.3. The summed E-state index contributed by atoms with van der Waals surface area (Å²) < 4.78 is 7.33. The Hall–Kier alpha value is -2.83. The number of hydrogen-bond donors (Lipinski definition) is 1. The van der Waals surface area contributed by atoms with Crippen molar-refractivity contribution in [3.63, 3.8) is 0 Å². The molecule has 0 radical (unpaired) electrons. The highest BCUT2D eigenvalue weighted by atomic mass is 35.5. The Morgan fingerprint density at radius 2 is 2.03 bits per heavy atom. The van der Waals surface area contributed by atoms with Gasteiger partial charge in [0.05, 0.1) is 24.9 Å². The Morgan fingerprint density at radius 1 is 1.27 bits per heavy atom. The molecule has 30 heavy (non-hydrogen) atoms. The highest BCUT2D eigenvalue weighted by Crippen LogP contribution is 2.31. The second-order valence-electron chi connectivity index (χ2n) is 7.08. The normalized spacial score (nSPS) is 11.1. The predicted molar refractivity (Wildman–Crippen MR) is 123 cm³/mol. The molecule has 2 aromatic heterocycles. The molecule has 0 bridgehead atoms. The lowest BCUT2D eigenvalue weighted by Gasteiger charge is -2.12. The minimum atomic E-state index is -0.128. The molecule has 0 aliphatic heterocycles. The smallest absolute Gasteiger partial charge is 0.230 e. The number of thiazole rings is 1. The van der Waals surface area contributed by atoms with Crippen molar-refractivity contribution in [2.75, 3.05) is 12.4 Å². The highest BCUT2D eigenvalue weighted by molar-refractivity contribution is 7.15. The van der Waals surface area contributed by atoms with E-state index < -0.39 is 0 Å². The zero-order valence-corrected chi connectivity index (χ0v) is 18.6. The number of benzene rings is 2. The van der Waals surface area contributed by atoms with Gasteiger partial charge in [-0.1, -0.05) is 42.8 Å². The van der Waals surface area contributed by atoms with Crippen LogP contribution >= 0.6 is 22.9 Å². The summed E-state index contributed by atoms with van der Waals surface area (Å²) >= 11 is 7.68. The lowest BCUT2D eigenvalue weighted by atomic mass is 10.1. The van der Waals surface area contributed by atoms with Gasteiger partial charge in [-0.05, 0) is 30.5 Å². The molecule has 0 atom stereocenters. The molecule has 0 aliphatic rings. The number of hydrogen-bond acceptors (Lipinski definition) is 4. The van der Waals surface area contributed by atoms with Crippen LogP contribution in [0, 0.1) is 6.92 Å². The summed E-state index contributed by atoms with van der Waals surface area (Å²) in [5.41, 5.74) is 5.64. The van der Waals surface area contributed by atoms with Crippen molar-refractivity contribution in [2.45, 2.75) is 26.7 Å². The van der Waals surface area contributed by atoms with Crippen LogP contribution in [-0.4, -0.2) is 22.4 Å². The minimum Gasteiger partial charge on any atom is -0.495 e. The molecule has 7 heteroatoms. The third kappa shape index (κ3) is 4.06. The van der Waals surface area contributed by atoms with E-state index in [9.17, 15) is 4.79 Å². The van der Waals surface area contributed by atoms with Crippen molar-refractivity contribution in [1.29, 1.82) is 0 Å². The molecule has 4 rings (SSSR count). The number of fused-ring (bicyclic) bond motifs is 1. The molecule has 0 spiro atoms. The number of rotatable bonds is 6. The molecule has 2 aromatic carbocycles. The first-order chi connectivity index (χ1) is 14.5. The largest absolute Gasteiger partial charge is 0.495 e. The van der Waals surface area contributed by atoms with Gasteiger partial charge in [-0.2, -0.15) is 0 Å². The number of carbonyl (C=O) groups excluding carboxylic acids is 1. The van der Waals surface area contributed by atoms with E-state index in [4.69, 9.17) is 21.3 Å². The minimum absolute atomic E-state index is 0.128. The van der Waals surface area contributed by atoms with E-state index >= 15 is 0 Å². The standard InChI is InChI=1S/C23H22ClN3O2S/c1-4-15-5-7-16(8-6-15)20-12-27-17(13-30-23(27)26-20)10-22(28)25-19-9-14(2)18(24)11-21(19)29-3/h5-9,11-13H,4,10H2,1-3H3,(H,25,28). The number of amides is 1. The summed E-state index contributed by atoms with van der Waals surface area (Å²) in [6.45, 7) is 4.03. The second-order valence-corrected chi connectivity index (χ2v) is 8.33. The molecular formula is C23H22ClN3O2S. The number of nitrogens with one attached hydrogen (secondary N) is 1. The quantitative estimate of drug-likeness (QED) is 0.414. The van der Waals surface area contributed by atoms with Crippen LogP contribution < -0.4 is 10.1 Å². The van der Waals surface area contributed by atoms with Gasteiger partial charge in [-0.3, -0.25) is 9.20 Å². The van der Waals surface area contributed by atoms with Crippen molar-refractivity contribution in [3.05, 3.63) is 69.8 Å². The van der Waals surface area contributed by atoms with Gasteiger partial charge in [0, 0.05) is 33.9 Å². The van der Waals surface area contributed by atoms with Crippen molar-refractivity contribution in [3.8, 4) is 17.0 Å². The number of aryl methyl sites for hydroxylation is 2. The zero-order valence-electron chi connectivity index (χ0n) is 17.0. The maximum atomic E-state index is 12.7. The van der Waals surface area contributed by atoms with Crippen LogP contribution in [0.5, 0.6) is 5.75 Å². The number of aromatic nitrogens is 2. The molecule has 1 N–H and O–H groups in total. The van der Waals surface area contributed by atoms with Crippen LogP contribution in [0.1, 0.15) is 23.7 Å². The van der Waals surface area contributed by atoms with Crippen molar-refractivity contribution < 1.29 is 9.53 Å². The van der Waals surface area contributed by atoms with Crippen LogP contribution in [0.4, 0.5) is 5.69 Å². The predicted octanol–water partition coefficient (Wildman–Crippen LogP) is 5.78. The number of imidazole rings is 1. The molecule has 1 amide bonds. The molecule has 5 nitrogen and oxygen atoms in total. The van der Waals surface area contributed by atoms with Crippen LogP contribution in [0.2, 0.25) is 5.02 Å². The van der Waals surface area contributed by atoms with E-state index in [1.165, 1.54) is 16.9 Å². The van der Waals surface area contributed by atoms with E-state index in [2.05, 4.69) is 36.5 Å². The second kappa shape index (κ2) is 8.50. The molecule has 4 aromatic rings. The summed E-state index contributed by atoms with van der Waals surface area (Å²) in [6.07, 6.45) is 3.23. The number of ether oxygens (including phenoxy) is 1. The van der Waals surface area contributed by atoms with Crippen molar-refractivity contribution >= 4 is 39.5 Å². The van der Waals surface area contributed by atoms with Gasteiger partial charge in [0.15, 0.2) is 4.96 Å². The van der Waals surface area contributed by atoms with Gasteiger partial charge in [-0.25, -0.2) is 4.98 Å². The first-order valence-corrected chi connectivity index (χ1v) is 10.9. The van der Waals surface area contributed by atoms with E-state index in [1.807, 2.05) is 29.0 Å². The fourth-order valence-electron chi connectivity index (χ4n) is 3.30. The van der Waals surface area contributed by atoms with Crippen LogP contribution in [0.25, 0.3) is 16.2 Å². The van der Waals surface area contributed by atoms with Gasteiger partial charge < -0.3 is 10.1 Å². The van der Waals surface area contributed by atoms with Crippen molar-refractivity contribution in [2.24, 2.45) is 0 Å². The maximum Gasteiger partial charge on any atom is 0.230 e. The number of carbonyl (C=O) groups is 1. The summed E-state index contributed by atoms with van der Waals surface area (Å²) in [6, 6.07) is 12.0. The lowest BCUT2D eigenvalue weighted by molar-refractivity contribution is -0.115. The Morgan fingerprint density at radius 3 is 2.73 bits per heavy atom. The highest BCUT2D eigenvalue weighted by Gasteiger charge is 2.15.